The van der Waals surface area contributed by atoms with E-state index in [4.69, 9.17) is 0 Å². The molecule has 0 aliphatic rings. The molecule has 2 N–H and O–H groups in total. The van der Waals surface area contributed by atoms with Gasteiger partial charge in [-0.05, 0) is 29.8 Å². The Labute approximate surface area is 134 Å². The van der Waals surface area contributed by atoms with Crippen molar-refractivity contribution in [1.29, 1.82) is 0 Å². The van der Waals surface area contributed by atoms with Crippen molar-refractivity contribution in [3.8, 4) is 0 Å². The van der Waals surface area contributed by atoms with Crippen molar-refractivity contribution in [2.24, 2.45) is 5.10 Å². The first-order valence-corrected chi connectivity index (χ1v) is 6.98. The van der Waals surface area contributed by atoms with Crippen LogP contribution in [0.25, 0.3) is 0 Å². The zero-order valence-corrected chi connectivity index (χ0v) is 12.7. The van der Waals surface area contributed by atoms with E-state index in [-0.39, 0.29) is 12.5 Å². The monoisotopic (exact) mass is 311 g/mol. The van der Waals surface area contributed by atoms with Crippen LogP contribution in [-0.2, 0) is 9.53 Å². The summed E-state index contributed by atoms with van der Waals surface area (Å²) in [6.45, 7) is 0.128. The van der Waals surface area contributed by atoms with Crippen molar-refractivity contribution in [3.05, 3.63) is 65.7 Å². The number of methoxy groups -OCH3 is 1. The van der Waals surface area contributed by atoms with E-state index in [2.05, 4.69) is 20.6 Å². The summed E-state index contributed by atoms with van der Waals surface area (Å²) in [4.78, 5) is 22.9. The van der Waals surface area contributed by atoms with Gasteiger partial charge in [-0.1, -0.05) is 30.3 Å². The van der Waals surface area contributed by atoms with Gasteiger partial charge >= 0.3 is 5.97 Å². The van der Waals surface area contributed by atoms with Crippen molar-refractivity contribution in [2.75, 3.05) is 19.0 Å². The summed E-state index contributed by atoms with van der Waals surface area (Å²) in [5.41, 5.74) is 4.51. The van der Waals surface area contributed by atoms with Gasteiger partial charge < -0.3 is 10.1 Å². The number of nitrogens with one attached hydrogen (secondary N) is 2. The number of anilines is 1. The summed E-state index contributed by atoms with van der Waals surface area (Å²) in [6, 6.07) is 16.1. The van der Waals surface area contributed by atoms with Crippen molar-refractivity contribution in [1.82, 2.24) is 5.43 Å². The Hall–Kier alpha value is -3.15. The standard InChI is InChI=1S/C17H17N3O3/c1-23-17(22)14-9-7-13(8-10-14)11-19-20-16(21)12-18-15-5-3-2-4-6-15/h2-11,18H,12H2,1H3,(H,20,21)/b19-11+. The molecular formula is C17H17N3O3. The molecule has 0 bridgehead atoms. The number of carbonyl (C=O) groups is 2. The fourth-order valence-electron chi connectivity index (χ4n) is 1.78. The molecular weight excluding hydrogens is 294 g/mol. The highest BCUT2D eigenvalue weighted by atomic mass is 16.5. The predicted molar refractivity (Wildman–Crippen MR) is 88.4 cm³/mol. The molecule has 2 aromatic carbocycles. The first-order valence-electron chi connectivity index (χ1n) is 6.98. The molecule has 0 saturated carbocycles. The zero-order chi connectivity index (χ0) is 16.5. The average Bonchev–Trinajstić information content (AvgIpc) is 2.61. The van der Waals surface area contributed by atoms with E-state index in [0.717, 1.165) is 11.3 Å². The number of nitrogens with zero attached hydrogens (tertiary/aromatic N) is 1. The van der Waals surface area contributed by atoms with Crippen molar-refractivity contribution in [3.63, 3.8) is 0 Å². The third-order valence-electron chi connectivity index (χ3n) is 2.96. The second-order valence-corrected chi connectivity index (χ2v) is 4.63. The van der Waals surface area contributed by atoms with Gasteiger partial charge in [-0.2, -0.15) is 5.10 Å². The molecule has 0 aliphatic carbocycles. The quantitative estimate of drug-likeness (QED) is 0.486. The topological polar surface area (TPSA) is 79.8 Å². The van der Waals surface area contributed by atoms with Crippen LogP contribution in [-0.4, -0.2) is 31.7 Å². The highest BCUT2D eigenvalue weighted by Crippen LogP contribution is 2.04. The van der Waals surface area contributed by atoms with Crippen LogP contribution in [0.3, 0.4) is 0 Å². The Morgan fingerprint density at radius 2 is 1.78 bits per heavy atom. The normalized spacial score (nSPS) is 10.3. The van der Waals surface area contributed by atoms with Gasteiger partial charge in [-0.3, -0.25) is 4.79 Å². The molecule has 0 spiro atoms. The average molecular weight is 311 g/mol. The lowest BCUT2D eigenvalue weighted by atomic mass is 10.1. The lowest BCUT2D eigenvalue weighted by molar-refractivity contribution is -0.119. The highest BCUT2D eigenvalue weighted by molar-refractivity contribution is 5.91. The maximum absolute atomic E-state index is 11.6. The number of amides is 1. The fraction of sp³-hybridized carbons (Fsp3) is 0.118. The van der Waals surface area contributed by atoms with E-state index < -0.39 is 5.97 Å². The van der Waals surface area contributed by atoms with Gasteiger partial charge in [0, 0.05) is 5.69 Å². The molecule has 2 rings (SSSR count). The molecule has 23 heavy (non-hydrogen) atoms. The molecule has 2 aromatic rings. The van der Waals surface area contributed by atoms with Crippen LogP contribution in [0.1, 0.15) is 15.9 Å². The number of hydrogen-bond acceptors (Lipinski definition) is 5. The second-order valence-electron chi connectivity index (χ2n) is 4.63. The number of hydrogen-bond donors (Lipinski definition) is 2. The summed E-state index contributed by atoms with van der Waals surface area (Å²) in [5, 5.41) is 6.85. The summed E-state index contributed by atoms with van der Waals surface area (Å²) >= 11 is 0. The largest absolute Gasteiger partial charge is 0.465 e. The zero-order valence-electron chi connectivity index (χ0n) is 12.7. The maximum Gasteiger partial charge on any atom is 0.337 e. The Morgan fingerprint density at radius 3 is 2.43 bits per heavy atom. The van der Waals surface area contributed by atoms with Gasteiger partial charge in [-0.25, -0.2) is 10.2 Å². The van der Waals surface area contributed by atoms with E-state index >= 15 is 0 Å². The molecule has 0 aliphatic heterocycles. The SMILES string of the molecule is COC(=O)c1ccc(/C=N/NC(=O)CNc2ccccc2)cc1. The lowest BCUT2D eigenvalue weighted by Gasteiger charge is -2.04. The Bertz CT molecular complexity index is 682. The Balaban J connectivity index is 1.79. The third-order valence-corrected chi connectivity index (χ3v) is 2.96. The maximum atomic E-state index is 11.6. The smallest absolute Gasteiger partial charge is 0.337 e. The summed E-state index contributed by atoms with van der Waals surface area (Å²) in [5.74, 6) is -0.648. The number of ether oxygens (including phenoxy) is 1. The van der Waals surface area contributed by atoms with Gasteiger partial charge in [-0.15, -0.1) is 0 Å². The number of carbonyl (C=O) groups excluding carboxylic acids is 2. The van der Waals surface area contributed by atoms with Crippen molar-refractivity contribution < 1.29 is 14.3 Å². The first-order chi connectivity index (χ1) is 11.2. The van der Waals surface area contributed by atoms with Crippen LogP contribution in [0.4, 0.5) is 5.69 Å². The van der Waals surface area contributed by atoms with E-state index in [1.807, 2.05) is 30.3 Å². The molecule has 0 atom stereocenters. The summed E-state index contributed by atoms with van der Waals surface area (Å²) < 4.78 is 4.62. The number of esters is 1. The van der Waals surface area contributed by atoms with E-state index in [0.29, 0.717) is 5.56 Å². The molecule has 0 aromatic heterocycles. The molecule has 6 heteroatoms. The van der Waals surface area contributed by atoms with E-state index in [9.17, 15) is 9.59 Å². The summed E-state index contributed by atoms with van der Waals surface area (Å²) in [7, 11) is 1.33. The van der Waals surface area contributed by atoms with Gasteiger partial charge in [0.2, 0.25) is 0 Å². The fourth-order valence-corrected chi connectivity index (χ4v) is 1.78. The molecule has 118 valence electrons. The molecule has 0 fully saturated rings. The minimum atomic E-state index is -0.395. The third kappa shape index (κ3) is 5.28. The van der Waals surface area contributed by atoms with Crippen molar-refractivity contribution in [2.45, 2.75) is 0 Å². The van der Waals surface area contributed by atoms with Gasteiger partial charge in [0.05, 0.1) is 25.4 Å². The van der Waals surface area contributed by atoms with Crippen LogP contribution in [0, 0.1) is 0 Å². The van der Waals surface area contributed by atoms with E-state index in [1.54, 1.807) is 24.3 Å². The minimum Gasteiger partial charge on any atom is -0.465 e. The first kappa shape index (κ1) is 16.2. The molecule has 0 radical (unpaired) electrons. The van der Waals surface area contributed by atoms with Crippen LogP contribution in [0.5, 0.6) is 0 Å². The van der Waals surface area contributed by atoms with Gasteiger partial charge in [0.25, 0.3) is 5.91 Å². The number of benzene rings is 2. The van der Waals surface area contributed by atoms with Gasteiger partial charge in [0.1, 0.15) is 0 Å². The Kier molecular flexibility index (Phi) is 5.88. The minimum absolute atomic E-state index is 0.128. The van der Waals surface area contributed by atoms with Crippen molar-refractivity contribution >= 4 is 23.8 Å². The van der Waals surface area contributed by atoms with E-state index in [1.165, 1.54) is 13.3 Å². The molecule has 0 saturated heterocycles. The molecule has 6 nitrogen and oxygen atoms in total. The Morgan fingerprint density at radius 1 is 1.09 bits per heavy atom. The predicted octanol–water partition coefficient (Wildman–Crippen LogP) is 2.04. The number of hydrazone groups is 1. The molecule has 1 amide bonds. The van der Waals surface area contributed by atoms with Crippen LogP contribution in [0.15, 0.2) is 59.7 Å². The molecule has 0 unspecified atom stereocenters. The van der Waals surface area contributed by atoms with Crippen LogP contribution in [0.2, 0.25) is 0 Å². The number of rotatable bonds is 6. The lowest BCUT2D eigenvalue weighted by Crippen LogP contribution is -2.25. The van der Waals surface area contributed by atoms with Crippen LogP contribution >= 0.6 is 0 Å². The summed E-state index contributed by atoms with van der Waals surface area (Å²) in [6.07, 6.45) is 1.50. The highest BCUT2D eigenvalue weighted by Gasteiger charge is 2.03. The van der Waals surface area contributed by atoms with Gasteiger partial charge in [0.15, 0.2) is 0 Å². The number of para-hydroxylation sites is 1. The molecule has 0 heterocycles. The van der Waals surface area contributed by atoms with Crippen LogP contribution < -0.4 is 10.7 Å². The second kappa shape index (κ2) is 8.33.